The van der Waals surface area contributed by atoms with Gasteiger partial charge in [-0.1, -0.05) is 44.2 Å². The first-order chi connectivity index (χ1) is 6.55. The van der Waals surface area contributed by atoms with Crippen LogP contribution in [0.2, 0.25) is 0 Å². The van der Waals surface area contributed by atoms with Crippen molar-refractivity contribution in [2.24, 2.45) is 5.41 Å². The van der Waals surface area contributed by atoms with Crippen molar-refractivity contribution < 1.29 is 4.92 Å². The third-order valence-electron chi connectivity index (χ3n) is 3.16. The molecule has 74 valence electrons. The summed E-state index contributed by atoms with van der Waals surface area (Å²) >= 11 is 0. The van der Waals surface area contributed by atoms with Crippen LogP contribution < -0.4 is 0 Å². The van der Waals surface area contributed by atoms with Gasteiger partial charge in [0.05, 0.1) is 5.92 Å². The molecule has 0 unspecified atom stereocenters. The number of hydrogen-bond acceptors (Lipinski definition) is 2. The molecule has 1 aliphatic carbocycles. The van der Waals surface area contributed by atoms with Crippen LogP contribution in [0.5, 0.6) is 0 Å². The van der Waals surface area contributed by atoms with E-state index in [0.717, 1.165) is 5.56 Å². The molecule has 0 radical (unpaired) electrons. The number of benzene rings is 1. The van der Waals surface area contributed by atoms with Crippen LogP contribution in [-0.4, -0.2) is 11.0 Å². The second-order valence-electron chi connectivity index (χ2n) is 4.44. The lowest BCUT2D eigenvalue weighted by Gasteiger charge is -1.98. The molecule has 0 amide bonds. The summed E-state index contributed by atoms with van der Waals surface area (Å²) in [6, 6.07) is 9.32. The maximum absolute atomic E-state index is 10.8. The highest BCUT2D eigenvalue weighted by molar-refractivity contribution is 5.32. The highest BCUT2D eigenvalue weighted by Crippen LogP contribution is 2.60. The maximum Gasteiger partial charge on any atom is 0.226 e. The number of nitro groups is 1. The van der Waals surface area contributed by atoms with Crippen molar-refractivity contribution in [1.82, 2.24) is 0 Å². The fourth-order valence-electron chi connectivity index (χ4n) is 2.28. The first-order valence-corrected chi connectivity index (χ1v) is 4.73. The van der Waals surface area contributed by atoms with Gasteiger partial charge in [-0.05, 0) is 5.56 Å². The van der Waals surface area contributed by atoms with Crippen molar-refractivity contribution in [3.8, 4) is 0 Å². The highest BCUT2D eigenvalue weighted by Gasteiger charge is 2.67. The van der Waals surface area contributed by atoms with Gasteiger partial charge in [-0.25, -0.2) is 0 Å². The standard InChI is InChI=1S/C11H13NO2/c1-11(2)9(10(11)12(13)14)8-6-4-3-5-7-8/h3-7,9-10H,1-2H3/t9-,10-/m1/s1. The Kier molecular flexibility index (Phi) is 1.84. The van der Waals surface area contributed by atoms with Crippen LogP contribution in [0.4, 0.5) is 0 Å². The summed E-state index contributed by atoms with van der Waals surface area (Å²) in [6.45, 7) is 3.91. The first-order valence-electron chi connectivity index (χ1n) is 4.73. The van der Waals surface area contributed by atoms with Crippen LogP contribution in [0.3, 0.4) is 0 Å². The topological polar surface area (TPSA) is 43.1 Å². The Bertz CT molecular complexity index is 359. The van der Waals surface area contributed by atoms with Gasteiger partial charge >= 0.3 is 0 Å². The van der Waals surface area contributed by atoms with Crippen LogP contribution in [0.25, 0.3) is 0 Å². The first kappa shape index (κ1) is 9.19. The van der Waals surface area contributed by atoms with E-state index in [4.69, 9.17) is 0 Å². The van der Waals surface area contributed by atoms with Crippen LogP contribution in [0.1, 0.15) is 25.3 Å². The Labute approximate surface area is 82.9 Å². The van der Waals surface area contributed by atoms with Gasteiger partial charge in [0.15, 0.2) is 0 Å². The molecule has 2 atom stereocenters. The predicted molar refractivity (Wildman–Crippen MR) is 53.7 cm³/mol. The normalized spacial score (nSPS) is 28.4. The van der Waals surface area contributed by atoms with Crippen molar-refractivity contribution in [1.29, 1.82) is 0 Å². The fraction of sp³-hybridized carbons (Fsp3) is 0.455. The molecule has 0 N–H and O–H groups in total. The van der Waals surface area contributed by atoms with Crippen molar-refractivity contribution >= 4 is 0 Å². The largest absolute Gasteiger partial charge is 0.264 e. The minimum atomic E-state index is -0.412. The van der Waals surface area contributed by atoms with E-state index < -0.39 is 6.04 Å². The Balaban J connectivity index is 2.28. The smallest absolute Gasteiger partial charge is 0.226 e. The van der Waals surface area contributed by atoms with E-state index in [-0.39, 0.29) is 16.3 Å². The molecule has 3 heteroatoms. The zero-order chi connectivity index (χ0) is 10.3. The molecule has 0 aromatic heterocycles. The van der Waals surface area contributed by atoms with Gasteiger partial charge in [0.1, 0.15) is 0 Å². The molecule has 14 heavy (non-hydrogen) atoms. The van der Waals surface area contributed by atoms with Gasteiger partial charge in [-0.2, -0.15) is 0 Å². The molecule has 1 fully saturated rings. The average Bonchev–Trinajstić information content (AvgIpc) is 2.71. The average molecular weight is 191 g/mol. The lowest BCUT2D eigenvalue weighted by Crippen LogP contribution is -2.07. The van der Waals surface area contributed by atoms with E-state index in [1.807, 2.05) is 44.2 Å². The molecule has 0 aliphatic heterocycles. The van der Waals surface area contributed by atoms with Gasteiger partial charge in [-0.3, -0.25) is 10.1 Å². The molecule has 0 bridgehead atoms. The lowest BCUT2D eigenvalue weighted by molar-refractivity contribution is -0.502. The molecule has 3 nitrogen and oxygen atoms in total. The minimum absolute atomic E-state index is 0.0821. The summed E-state index contributed by atoms with van der Waals surface area (Å²) in [7, 11) is 0. The summed E-state index contributed by atoms with van der Waals surface area (Å²) in [5.74, 6) is 0.0821. The highest BCUT2D eigenvalue weighted by atomic mass is 16.6. The summed E-state index contributed by atoms with van der Waals surface area (Å²) in [5, 5.41) is 10.8. The molecular formula is C11H13NO2. The third kappa shape index (κ3) is 1.20. The van der Waals surface area contributed by atoms with Crippen molar-refractivity contribution in [3.63, 3.8) is 0 Å². The molecule has 1 aromatic rings. The lowest BCUT2D eigenvalue weighted by atomic mass is 10.0. The van der Waals surface area contributed by atoms with E-state index >= 15 is 0 Å². The van der Waals surface area contributed by atoms with Crippen molar-refractivity contribution in [2.75, 3.05) is 0 Å². The van der Waals surface area contributed by atoms with Crippen LogP contribution in [-0.2, 0) is 0 Å². The quantitative estimate of drug-likeness (QED) is 0.532. The second kappa shape index (κ2) is 2.80. The number of nitrogens with zero attached hydrogens (tertiary/aromatic N) is 1. The molecule has 1 aromatic carbocycles. The van der Waals surface area contributed by atoms with Gasteiger partial charge in [0, 0.05) is 10.3 Å². The zero-order valence-electron chi connectivity index (χ0n) is 8.31. The SMILES string of the molecule is CC1(C)[C@H](c2ccccc2)[C@H]1[N+](=O)[O-]. The summed E-state index contributed by atoms with van der Waals surface area (Å²) < 4.78 is 0. The Hall–Kier alpha value is -1.38. The molecule has 2 rings (SSSR count). The van der Waals surface area contributed by atoms with Gasteiger partial charge in [-0.15, -0.1) is 0 Å². The van der Waals surface area contributed by atoms with E-state index in [9.17, 15) is 10.1 Å². The molecule has 1 aliphatic rings. The van der Waals surface area contributed by atoms with Crippen LogP contribution in [0.15, 0.2) is 30.3 Å². The number of hydrogen-bond donors (Lipinski definition) is 0. The minimum Gasteiger partial charge on any atom is -0.264 e. The zero-order valence-corrected chi connectivity index (χ0v) is 8.31. The van der Waals surface area contributed by atoms with Gasteiger partial charge in [0.2, 0.25) is 6.04 Å². The predicted octanol–water partition coefficient (Wildman–Crippen LogP) is 2.46. The summed E-state index contributed by atoms with van der Waals surface area (Å²) in [4.78, 5) is 10.6. The maximum atomic E-state index is 10.8. The second-order valence-corrected chi connectivity index (χ2v) is 4.44. The molecule has 1 saturated carbocycles. The molecule has 0 heterocycles. The molecule has 0 spiro atoms. The van der Waals surface area contributed by atoms with Crippen molar-refractivity contribution in [3.05, 3.63) is 46.0 Å². The summed E-state index contributed by atoms with van der Waals surface area (Å²) in [6.07, 6.45) is 0. The van der Waals surface area contributed by atoms with E-state index in [0.29, 0.717) is 0 Å². The van der Waals surface area contributed by atoms with Crippen LogP contribution >= 0.6 is 0 Å². The summed E-state index contributed by atoms with van der Waals surface area (Å²) in [5.41, 5.74) is 0.893. The van der Waals surface area contributed by atoms with Crippen LogP contribution in [0, 0.1) is 15.5 Å². The Morgan fingerprint density at radius 2 is 1.86 bits per heavy atom. The van der Waals surface area contributed by atoms with E-state index in [1.54, 1.807) is 0 Å². The fourth-order valence-corrected chi connectivity index (χ4v) is 2.28. The van der Waals surface area contributed by atoms with E-state index in [1.165, 1.54) is 0 Å². The van der Waals surface area contributed by atoms with E-state index in [2.05, 4.69) is 0 Å². The Morgan fingerprint density at radius 3 is 2.29 bits per heavy atom. The molecule has 0 saturated heterocycles. The third-order valence-corrected chi connectivity index (χ3v) is 3.16. The van der Waals surface area contributed by atoms with Gasteiger partial charge < -0.3 is 0 Å². The van der Waals surface area contributed by atoms with Crippen molar-refractivity contribution in [2.45, 2.75) is 25.8 Å². The Morgan fingerprint density at radius 1 is 1.29 bits per heavy atom. The molecular weight excluding hydrogens is 178 g/mol. The monoisotopic (exact) mass is 191 g/mol. The van der Waals surface area contributed by atoms with Gasteiger partial charge in [0.25, 0.3) is 0 Å². The number of rotatable bonds is 2.